The second kappa shape index (κ2) is 9.98. The normalized spacial score (nSPS) is 16.9. The van der Waals surface area contributed by atoms with Gasteiger partial charge in [0.25, 0.3) is 0 Å². The third kappa shape index (κ3) is 5.45. The summed E-state index contributed by atoms with van der Waals surface area (Å²) in [5.41, 5.74) is 1.14. The number of aromatic nitrogens is 2. The zero-order valence-electron chi connectivity index (χ0n) is 17.6. The van der Waals surface area contributed by atoms with Crippen LogP contribution in [0.2, 0.25) is 0 Å². The molecule has 2 N–H and O–H groups in total. The minimum absolute atomic E-state index is 0.0791. The summed E-state index contributed by atoms with van der Waals surface area (Å²) in [5.74, 6) is 0.546. The van der Waals surface area contributed by atoms with Gasteiger partial charge in [0.05, 0.1) is 12.5 Å². The summed E-state index contributed by atoms with van der Waals surface area (Å²) in [4.78, 5) is 31.4. The van der Waals surface area contributed by atoms with Crippen molar-refractivity contribution in [3.05, 3.63) is 60.4 Å². The van der Waals surface area contributed by atoms with E-state index in [1.165, 1.54) is 10.8 Å². The summed E-state index contributed by atoms with van der Waals surface area (Å²) in [6.07, 6.45) is 3.81. The average Bonchev–Trinajstić information content (AvgIpc) is 3.18. The molecule has 8 heteroatoms. The Morgan fingerprint density at radius 2 is 2.10 bits per heavy atom. The Morgan fingerprint density at radius 3 is 2.90 bits per heavy atom. The number of thioether (sulfide) groups is 1. The van der Waals surface area contributed by atoms with Crippen LogP contribution < -0.4 is 10.6 Å². The van der Waals surface area contributed by atoms with Crippen molar-refractivity contribution in [1.82, 2.24) is 25.1 Å². The number of imidazole rings is 1. The molecule has 31 heavy (non-hydrogen) atoms. The summed E-state index contributed by atoms with van der Waals surface area (Å²) in [5, 5.41) is 9.13. The van der Waals surface area contributed by atoms with Crippen molar-refractivity contribution in [3.8, 4) is 0 Å². The fourth-order valence-corrected chi connectivity index (χ4v) is 4.60. The second-order valence-electron chi connectivity index (χ2n) is 7.68. The molecule has 0 saturated carbocycles. The van der Waals surface area contributed by atoms with Gasteiger partial charge in [-0.05, 0) is 22.4 Å². The highest BCUT2D eigenvalue weighted by Gasteiger charge is 2.31. The lowest BCUT2D eigenvalue weighted by Gasteiger charge is -2.34. The molecular formula is C23H27N5O2S. The van der Waals surface area contributed by atoms with Gasteiger partial charge in [-0.3, -0.25) is 14.5 Å². The molecule has 0 spiro atoms. The summed E-state index contributed by atoms with van der Waals surface area (Å²) in [6, 6.07) is 14.1. The number of aryl methyl sites for hydroxylation is 1. The number of fused-ring (bicyclic) bond motifs is 1. The second-order valence-corrected chi connectivity index (χ2v) is 8.74. The number of carbonyl (C=O) groups is 2. The Kier molecular flexibility index (Phi) is 6.89. The monoisotopic (exact) mass is 437 g/mol. The van der Waals surface area contributed by atoms with E-state index < -0.39 is 6.04 Å². The molecule has 3 aromatic rings. The number of benzene rings is 2. The highest BCUT2D eigenvalue weighted by molar-refractivity contribution is 7.99. The quantitative estimate of drug-likeness (QED) is 0.417. The lowest BCUT2D eigenvalue weighted by atomic mass is 10.0. The molecule has 1 unspecified atom stereocenters. The minimum atomic E-state index is -0.456. The van der Waals surface area contributed by atoms with E-state index in [9.17, 15) is 9.59 Å². The van der Waals surface area contributed by atoms with E-state index in [1.54, 1.807) is 18.0 Å². The van der Waals surface area contributed by atoms with Crippen molar-refractivity contribution in [2.45, 2.75) is 24.2 Å². The first-order valence-electron chi connectivity index (χ1n) is 10.5. The van der Waals surface area contributed by atoms with Crippen LogP contribution in [0.1, 0.15) is 12.0 Å². The molecule has 1 atom stereocenters. The van der Waals surface area contributed by atoms with Gasteiger partial charge in [0.15, 0.2) is 5.16 Å². The first-order chi connectivity index (χ1) is 15.1. The van der Waals surface area contributed by atoms with Gasteiger partial charge < -0.3 is 15.2 Å². The van der Waals surface area contributed by atoms with E-state index in [4.69, 9.17) is 0 Å². The van der Waals surface area contributed by atoms with E-state index >= 15 is 0 Å². The van der Waals surface area contributed by atoms with Crippen molar-refractivity contribution < 1.29 is 9.59 Å². The average molecular weight is 438 g/mol. The van der Waals surface area contributed by atoms with Gasteiger partial charge in [-0.1, -0.05) is 48.2 Å². The molecule has 0 aliphatic carbocycles. The fourth-order valence-electron chi connectivity index (χ4n) is 3.82. The van der Waals surface area contributed by atoms with E-state index in [-0.39, 0.29) is 18.2 Å². The standard InChI is InChI=1S/C23H27N5O2S/c1-27-11-8-26-23(27)31-13-10-24-21(29)15-20-22(30)25-9-12-28(20)16-17-6-7-18-4-2-3-5-19(18)14-17/h2-8,11,14,20H,9-10,12-13,15-16H2,1H3,(H,24,29)(H,25,30). The number of piperazine rings is 1. The molecule has 0 radical (unpaired) electrons. The van der Waals surface area contributed by atoms with Gasteiger partial charge in [-0.25, -0.2) is 4.98 Å². The summed E-state index contributed by atoms with van der Waals surface area (Å²) in [6.45, 7) is 2.51. The first-order valence-corrected chi connectivity index (χ1v) is 11.4. The maximum absolute atomic E-state index is 12.5. The van der Waals surface area contributed by atoms with Crippen LogP contribution in [0.4, 0.5) is 0 Å². The van der Waals surface area contributed by atoms with Crippen LogP contribution >= 0.6 is 11.8 Å². The summed E-state index contributed by atoms with van der Waals surface area (Å²) >= 11 is 1.59. The van der Waals surface area contributed by atoms with E-state index in [2.05, 4.69) is 50.8 Å². The van der Waals surface area contributed by atoms with Gasteiger partial charge in [-0.15, -0.1) is 0 Å². The van der Waals surface area contributed by atoms with Crippen LogP contribution in [-0.4, -0.2) is 57.7 Å². The molecule has 1 aromatic heterocycles. The van der Waals surface area contributed by atoms with Crippen LogP contribution in [0, 0.1) is 0 Å². The molecule has 1 aliphatic heterocycles. The van der Waals surface area contributed by atoms with Crippen LogP contribution in [0.3, 0.4) is 0 Å². The van der Waals surface area contributed by atoms with Crippen LogP contribution in [0.15, 0.2) is 60.0 Å². The molecule has 2 amide bonds. The molecule has 1 saturated heterocycles. The molecule has 0 bridgehead atoms. The topological polar surface area (TPSA) is 79.3 Å². The zero-order valence-corrected chi connectivity index (χ0v) is 18.4. The van der Waals surface area contributed by atoms with Crippen molar-refractivity contribution in [3.63, 3.8) is 0 Å². The molecule has 162 valence electrons. The fraction of sp³-hybridized carbons (Fsp3) is 0.348. The maximum Gasteiger partial charge on any atom is 0.237 e. The Hall–Kier alpha value is -2.84. The Morgan fingerprint density at radius 1 is 1.26 bits per heavy atom. The Bertz CT molecular complexity index is 1070. The van der Waals surface area contributed by atoms with Crippen molar-refractivity contribution in [2.24, 2.45) is 7.05 Å². The number of hydrogen-bond donors (Lipinski definition) is 2. The predicted octanol–water partition coefficient (Wildman–Crippen LogP) is 2.17. The van der Waals surface area contributed by atoms with E-state index in [0.717, 1.165) is 23.0 Å². The highest BCUT2D eigenvalue weighted by atomic mass is 32.2. The number of hydrogen-bond acceptors (Lipinski definition) is 5. The number of nitrogens with zero attached hydrogens (tertiary/aromatic N) is 3. The van der Waals surface area contributed by atoms with Crippen molar-refractivity contribution in [1.29, 1.82) is 0 Å². The first kappa shape index (κ1) is 21.4. The van der Waals surface area contributed by atoms with E-state index in [1.807, 2.05) is 29.9 Å². The lowest BCUT2D eigenvalue weighted by Crippen LogP contribution is -2.56. The molecular weight excluding hydrogens is 410 g/mol. The molecule has 1 aliphatic rings. The minimum Gasteiger partial charge on any atom is -0.355 e. The number of amides is 2. The van der Waals surface area contributed by atoms with Gasteiger partial charge >= 0.3 is 0 Å². The smallest absolute Gasteiger partial charge is 0.237 e. The van der Waals surface area contributed by atoms with Gasteiger partial charge in [-0.2, -0.15) is 0 Å². The number of nitrogens with one attached hydrogen (secondary N) is 2. The molecule has 7 nitrogen and oxygen atoms in total. The molecule has 2 heterocycles. The SMILES string of the molecule is Cn1ccnc1SCCNC(=O)CC1C(=O)NCCN1Cc1ccc2ccccc2c1. The Balaban J connectivity index is 1.32. The van der Waals surface area contributed by atoms with Crippen LogP contribution in [-0.2, 0) is 23.2 Å². The molecule has 2 aromatic carbocycles. The largest absolute Gasteiger partial charge is 0.355 e. The van der Waals surface area contributed by atoms with E-state index in [0.29, 0.717) is 19.6 Å². The third-order valence-corrected chi connectivity index (χ3v) is 6.51. The molecule has 4 rings (SSSR count). The van der Waals surface area contributed by atoms with Gasteiger partial charge in [0.1, 0.15) is 0 Å². The zero-order chi connectivity index (χ0) is 21.6. The van der Waals surface area contributed by atoms with Crippen LogP contribution in [0.25, 0.3) is 10.8 Å². The van der Waals surface area contributed by atoms with Crippen molar-refractivity contribution >= 4 is 34.3 Å². The van der Waals surface area contributed by atoms with Gasteiger partial charge in [0, 0.05) is 51.4 Å². The number of rotatable bonds is 8. The predicted molar refractivity (Wildman–Crippen MR) is 123 cm³/mol. The van der Waals surface area contributed by atoms with Gasteiger partial charge in [0.2, 0.25) is 11.8 Å². The molecule has 1 fully saturated rings. The van der Waals surface area contributed by atoms with Crippen molar-refractivity contribution in [2.75, 3.05) is 25.4 Å². The summed E-state index contributed by atoms with van der Waals surface area (Å²) in [7, 11) is 1.94. The summed E-state index contributed by atoms with van der Waals surface area (Å²) < 4.78 is 1.95. The third-order valence-electron chi connectivity index (χ3n) is 5.45. The van der Waals surface area contributed by atoms with Crippen LogP contribution in [0.5, 0.6) is 0 Å². The lowest BCUT2D eigenvalue weighted by molar-refractivity contribution is -0.134. The highest BCUT2D eigenvalue weighted by Crippen LogP contribution is 2.19. The maximum atomic E-state index is 12.5. The Labute approximate surface area is 186 Å². The number of carbonyl (C=O) groups excluding carboxylic acids is 2.